The molecule has 0 aliphatic carbocycles. The van der Waals surface area contributed by atoms with Crippen LogP contribution < -0.4 is 20.7 Å². The van der Waals surface area contributed by atoms with E-state index in [1.54, 1.807) is 36.4 Å². The van der Waals surface area contributed by atoms with Crippen molar-refractivity contribution in [1.82, 2.24) is 5.32 Å². The number of methoxy groups -OCH3 is 1. The van der Waals surface area contributed by atoms with Crippen LogP contribution in [-0.2, 0) is 9.53 Å². The zero-order valence-electron chi connectivity index (χ0n) is 16.5. The van der Waals surface area contributed by atoms with Crippen molar-refractivity contribution in [3.63, 3.8) is 0 Å². The number of nitrogens with one attached hydrogen (secondary N) is 3. The van der Waals surface area contributed by atoms with E-state index < -0.39 is 0 Å². The molecule has 29 heavy (non-hydrogen) atoms. The van der Waals surface area contributed by atoms with Crippen LogP contribution in [0.4, 0.5) is 11.4 Å². The van der Waals surface area contributed by atoms with Crippen molar-refractivity contribution in [3.8, 4) is 5.75 Å². The van der Waals surface area contributed by atoms with Crippen LogP contribution in [0, 0.1) is 0 Å². The summed E-state index contributed by atoms with van der Waals surface area (Å²) in [6.07, 6.45) is 0.962. The summed E-state index contributed by atoms with van der Waals surface area (Å²) < 4.78 is 9.97. The number of rotatable bonds is 9. The molecule has 0 heterocycles. The first kappa shape index (κ1) is 22.2. The summed E-state index contributed by atoms with van der Waals surface area (Å²) >= 11 is 5.22. The van der Waals surface area contributed by atoms with E-state index in [1.165, 1.54) is 7.11 Å². The molecule has 8 heteroatoms. The Morgan fingerprint density at radius 1 is 0.966 bits per heavy atom. The Balaban J connectivity index is 1.80. The first-order valence-corrected chi connectivity index (χ1v) is 9.68. The smallest absolute Gasteiger partial charge is 0.305 e. The number of ether oxygens (including phenoxy) is 2. The van der Waals surface area contributed by atoms with Gasteiger partial charge in [-0.05, 0) is 74.1 Å². The van der Waals surface area contributed by atoms with Gasteiger partial charge >= 0.3 is 5.97 Å². The first-order valence-electron chi connectivity index (χ1n) is 9.27. The molecule has 0 aromatic heterocycles. The number of thiocarbonyl (C=S) groups is 1. The maximum Gasteiger partial charge on any atom is 0.305 e. The number of hydrogen-bond acceptors (Lipinski definition) is 5. The van der Waals surface area contributed by atoms with Gasteiger partial charge in [0.2, 0.25) is 0 Å². The van der Waals surface area contributed by atoms with E-state index in [0.29, 0.717) is 42.4 Å². The lowest BCUT2D eigenvalue weighted by Gasteiger charge is -2.11. The molecule has 0 bridgehead atoms. The van der Waals surface area contributed by atoms with Crippen LogP contribution in [0.25, 0.3) is 0 Å². The molecule has 1 amide bonds. The highest BCUT2D eigenvalue weighted by atomic mass is 32.1. The Morgan fingerprint density at radius 3 is 2.21 bits per heavy atom. The van der Waals surface area contributed by atoms with E-state index in [1.807, 2.05) is 19.1 Å². The molecule has 0 unspecified atom stereocenters. The molecule has 0 radical (unpaired) electrons. The fourth-order valence-corrected chi connectivity index (χ4v) is 2.64. The molecule has 7 nitrogen and oxygen atoms in total. The van der Waals surface area contributed by atoms with E-state index in [4.69, 9.17) is 17.0 Å². The molecule has 0 aliphatic rings. The van der Waals surface area contributed by atoms with Gasteiger partial charge in [0.1, 0.15) is 5.75 Å². The van der Waals surface area contributed by atoms with Crippen LogP contribution in [0.15, 0.2) is 48.5 Å². The summed E-state index contributed by atoms with van der Waals surface area (Å²) in [6, 6.07) is 14.2. The maximum absolute atomic E-state index is 12.4. The third-order valence-corrected chi connectivity index (χ3v) is 4.15. The number of carbonyl (C=O) groups is 2. The largest absolute Gasteiger partial charge is 0.494 e. The molecule has 2 aromatic rings. The van der Waals surface area contributed by atoms with Crippen LogP contribution >= 0.6 is 12.2 Å². The summed E-state index contributed by atoms with van der Waals surface area (Å²) in [5.41, 5.74) is 1.98. The van der Waals surface area contributed by atoms with Gasteiger partial charge < -0.3 is 25.4 Å². The maximum atomic E-state index is 12.4. The van der Waals surface area contributed by atoms with Crippen molar-refractivity contribution in [1.29, 1.82) is 0 Å². The van der Waals surface area contributed by atoms with Crippen molar-refractivity contribution >= 4 is 40.6 Å². The second-order valence-corrected chi connectivity index (χ2v) is 6.46. The molecule has 0 saturated carbocycles. The lowest BCUT2D eigenvalue weighted by atomic mass is 10.2. The SMILES string of the molecule is CCOc1ccc(NC(=O)c2ccc(NC(=S)NCCCC(=O)OC)cc2)cc1. The molecule has 0 spiro atoms. The second kappa shape index (κ2) is 11.7. The van der Waals surface area contributed by atoms with E-state index in [9.17, 15) is 9.59 Å². The predicted octanol–water partition coefficient (Wildman–Crippen LogP) is 3.58. The van der Waals surface area contributed by atoms with Crippen molar-refractivity contribution in [2.45, 2.75) is 19.8 Å². The Hall–Kier alpha value is -3.13. The van der Waals surface area contributed by atoms with E-state index >= 15 is 0 Å². The normalized spacial score (nSPS) is 10.0. The number of benzene rings is 2. The fraction of sp³-hybridized carbons (Fsp3) is 0.286. The summed E-state index contributed by atoms with van der Waals surface area (Å²) in [5.74, 6) is 0.310. The van der Waals surface area contributed by atoms with Crippen molar-refractivity contribution < 1.29 is 19.1 Å². The van der Waals surface area contributed by atoms with Crippen LogP contribution in [0.2, 0.25) is 0 Å². The summed E-state index contributed by atoms with van der Waals surface area (Å²) in [7, 11) is 1.37. The number of hydrogen-bond donors (Lipinski definition) is 3. The highest BCUT2D eigenvalue weighted by molar-refractivity contribution is 7.80. The number of amides is 1. The topological polar surface area (TPSA) is 88.7 Å². The van der Waals surface area contributed by atoms with Crippen LogP contribution in [-0.4, -0.2) is 37.3 Å². The Kier molecular flexibility index (Phi) is 8.91. The average molecular weight is 416 g/mol. The molecule has 0 aliphatic heterocycles. The summed E-state index contributed by atoms with van der Waals surface area (Å²) in [5, 5.41) is 9.34. The zero-order chi connectivity index (χ0) is 21.1. The molecule has 2 rings (SSSR count). The lowest BCUT2D eigenvalue weighted by Crippen LogP contribution is -2.29. The van der Waals surface area contributed by atoms with Gasteiger partial charge in [-0.3, -0.25) is 9.59 Å². The van der Waals surface area contributed by atoms with E-state index in [0.717, 1.165) is 11.4 Å². The van der Waals surface area contributed by atoms with Gasteiger partial charge in [-0.2, -0.15) is 0 Å². The fourth-order valence-electron chi connectivity index (χ4n) is 2.42. The zero-order valence-corrected chi connectivity index (χ0v) is 17.3. The Labute approximate surface area is 175 Å². The van der Waals surface area contributed by atoms with Crippen LogP contribution in [0.5, 0.6) is 5.75 Å². The lowest BCUT2D eigenvalue weighted by molar-refractivity contribution is -0.140. The average Bonchev–Trinajstić information content (AvgIpc) is 2.73. The standard InChI is InChI=1S/C21H25N3O4S/c1-3-28-18-12-10-16(11-13-18)23-20(26)15-6-8-17(9-7-15)24-21(29)22-14-4-5-19(25)27-2/h6-13H,3-5,14H2,1-2H3,(H,23,26)(H2,22,24,29). The third-order valence-electron chi connectivity index (χ3n) is 3.90. The molecule has 154 valence electrons. The highest BCUT2D eigenvalue weighted by Gasteiger charge is 2.07. The van der Waals surface area contributed by atoms with Gasteiger partial charge in [-0.25, -0.2) is 0 Å². The number of esters is 1. The van der Waals surface area contributed by atoms with Crippen molar-refractivity contribution in [2.75, 3.05) is 30.9 Å². The van der Waals surface area contributed by atoms with Crippen LogP contribution in [0.3, 0.4) is 0 Å². The van der Waals surface area contributed by atoms with Gasteiger partial charge in [-0.1, -0.05) is 0 Å². The van der Waals surface area contributed by atoms with Gasteiger partial charge in [0, 0.05) is 29.9 Å². The monoisotopic (exact) mass is 415 g/mol. The molecular formula is C21H25N3O4S. The van der Waals surface area contributed by atoms with Gasteiger partial charge in [0.15, 0.2) is 5.11 Å². The molecule has 0 fully saturated rings. The molecule has 2 aromatic carbocycles. The molecule has 3 N–H and O–H groups in total. The van der Waals surface area contributed by atoms with Crippen LogP contribution in [0.1, 0.15) is 30.1 Å². The molecule has 0 atom stereocenters. The Morgan fingerprint density at radius 2 is 1.59 bits per heavy atom. The number of carbonyl (C=O) groups excluding carboxylic acids is 2. The van der Waals surface area contributed by atoms with Gasteiger partial charge in [0.05, 0.1) is 13.7 Å². The minimum atomic E-state index is -0.246. The minimum absolute atomic E-state index is 0.204. The quantitative estimate of drug-likeness (QED) is 0.328. The van der Waals surface area contributed by atoms with E-state index in [2.05, 4.69) is 20.7 Å². The molecule has 0 saturated heterocycles. The first-order chi connectivity index (χ1) is 14.0. The third kappa shape index (κ3) is 7.79. The van der Waals surface area contributed by atoms with Crippen molar-refractivity contribution in [3.05, 3.63) is 54.1 Å². The van der Waals surface area contributed by atoms with Gasteiger partial charge in [0.25, 0.3) is 5.91 Å². The summed E-state index contributed by atoms with van der Waals surface area (Å²) in [4.78, 5) is 23.4. The van der Waals surface area contributed by atoms with Crippen molar-refractivity contribution in [2.24, 2.45) is 0 Å². The Bertz CT molecular complexity index is 823. The highest BCUT2D eigenvalue weighted by Crippen LogP contribution is 2.17. The summed E-state index contributed by atoms with van der Waals surface area (Å²) in [6.45, 7) is 3.07. The van der Waals surface area contributed by atoms with E-state index in [-0.39, 0.29) is 11.9 Å². The number of anilines is 2. The minimum Gasteiger partial charge on any atom is -0.494 e. The molecular weight excluding hydrogens is 390 g/mol. The van der Waals surface area contributed by atoms with Gasteiger partial charge in [-0.15, -0.1) is 0 Å². The second-order valence-electron chi connectivity index (χ2n) is 6.05. The predicted molar refractivity (Wildman–Crippen MR) is 117 cm³/mol.